The summed E-state index contributed by atoms with van der Waals surface area (Å²) < 4.78 is 14.8. The van der Waals surface area contributed by atoms with Crippen LogP contribution in [-0.4, -0.2) is 52.8 Å². The summed E-state index contributed by atoms with van der Waals surface area (Å²) in [5.41, 5.74) is 0.418. The highest BCUT2D eigenvalue weighted by Gasteiger charge is 2.40. The second-order valence-corrected chi connectivity index (χ2v) is 4.68. The molecule has 0 fully saturated rings. The first-order chi connectivity index (χ1) is 10.9. The summed E-state index contributed by atoms with van der Waals surface area (Å²) in [6.07, 6.45) is -2.15. The van der Waals surface area contributed by atoms with Crippen molar-refractivity contribution in [2.24, 2.45) is 0 Å². The first-order valence-corrected chi connectivity index (χ1v) is 6.52. The minimum Gasteiger partial charge on any atom is -0.509 e. The number of rotatable bonds is 5. The Kier molecular flexibility index (Phi) is 4.65. The Balaban J connectivity index is 2.28. The van der Waals surface area contributed by atoms with Gasteiger partial charge in [-0.25, -0.2) is 4.79 Å². The van der Waals surface area contributed by atoms with Gasteiger partial charge in [0.05, 0.1) is 14.2 Å². The molecule has 1 aromatic rings. The minimum atomic E-state index is -1.75. The molecule has 0 radical (unpaired) electrons. The number of carbonyl (C=O) groups excluding carboxylic acids is 1. The molecule has 0 saturated heterocycles. The highest BCUT2D eigenvalue weighted by molar-refractivity contribution is 5.89. The molecule has 0 saturated carbocycles. The Hall–Kier alpha value is -2.87. The van der Waals surface area contributed by atoms with E-state index >= 15 is 0 Å². The quantitative estimate of drug-likeness (QED) is 0.470. The van der Waals surface area contributed by atoms with E-state index in [-0.39, 0.29) is 0 Å². The number of aliphatic hydroxyl groups excluding tert-OH is 4. The summed E-state index contributed by atoms with van der Waals surface area (Å²) in [7, 11) is 2.91. The second-order valence-electron chi connectivity index (χ2n) is 4.68. The van der Waals surface area contributed by atoms with Crippen LogP contribution >= 0.6 is 0 Å². The van der Waals surface area contributed by atoms with E-state index in [9.17, 15) is 25.2 Å². The van der Waals surface area contributed by atoms with Crippen LogP contribution in [0.4, 0.5) is 0 Å². The maximum Gasteiger partial charge on any atom is 0.378 e. The van der Waals surface area contributed by atoms with Gasteiger partial charge in [0.2, 0.25) is 5.76 Å². The molecule has 1 aliphatic rings. The van der Waals surface area contributed by atoms with Crippen molar-refractivity contribution in [1.29, 1.82) is 0 Å². The lowest BCUT2D eigenvalue weighted by atomic mass is 10.1. The zero-order chi connectivity index (χ0) is 17.1. The Morgan fingerprint density at radius 2 is 2.00 bits per heavy atom. The molecular formula is C15H16O8. The van der Waals surface area contributed by atoms with Crippen LogP contribution in [0.3, 0.4) is 0 Å². The van der Waals surface area contributed by atoms with E-state index in [0.717, 1.165) is 0 Å². The molecule has 1 aliphatic heterocycles. The molecule has 0 spiro atoms. The number of ether oxygens (including phenoxy) is 3. The summed E-state index contributed by atoms with van der Waals surface area (Å²) in [4.78, 5) is 11.1. The van der Waals surface area contributed by atoms with Gasteiger partial charge in [-0.15, -0.1) is 0 Å². The van der Waals surface area contributed by atoms with E-state index in [4.69, 9.17) is 9.47 Å². The van der Waals surface area contributed by atoms with E-state index in [0.29, 0.717) is 17.1 Å². The van der Waals surface area contributed by atoms with Crippen molar-refractivity contribution in [3.63, 3.8) is 0 Å². The second kappa shape index (κ2) is 6.49. The highest BCUT2D eigenvalue weighted by atomic mass is 16.6. The van der Waals surface area contributed by atoms with Crippen LogP contribution in [0.1, 0.15) is 5.56 Å². The minimum absolute atomic E-state index is 0.370. The average molecular weight is 324 g/mol. The number of hydrogen-bond acceptors (Lipinski definition) is 8. The van der Waals surface area contributed by atoms with Crippen LogP contribution in [0, 0.1) is 0 Å². The van der Waals surface area contributed by atoms with E-state index < -0.39 is 35.5 Å². The summed E-state index contributed by atoms with van der Waals surface area (Å²) in [6.45, 7) is 0. The van der Waals surface area contributed by atoms with Crippen LogP contribution in [0.25, 0.3) is 6.08 Å². The monoisotopic (exact) mass is 324 g/mol. The Bertz CT molecular complexity index is 676. The van der Waals surface area contributed by atoms with Crippen LogP contribution in [0.5, 0.6) is 11.5 Å². The number of aliphatic hydroxyl groups is 4. The van der Waals surface area contributed by atoms with Gasteiger partial charge in [0.1, 0.15) is 17.3 Å². The van der Waals surface area contributed by atoms with Crippen molar-refractivity contribution < 1.29 is 39.4 Å². The Morgan fingerprint density at radius 1 is 1.30 bits per heavy atom. The largest absolute Gasteiger partial charge is 0.509 e. The van der Waals surface area contributed by atoms with Gasteiger partial charge in [0, 0.05) is 11.6 Å². The van der Waals surface area contributed by atoms with E-state index in [2.05, 4.69) is 4.74 Å². The van der Waals surface area contributed by atoms with Crippen LogP contribution in [0.2, 0.25) is 0 Å². The summed E-state index contributed by atoms with van der Waals surface area (Å²) >= 11 is 0. The molecule has 0 unspecified atom stereocenters. The number of cyclic esters (lactones) is 1. The van der Waals surface area contributed by atoms with Crippen molar-refractivity contribution in [2.75, 3.05) is 14.2 Å². The fourth-order valence-electron chi connectivity index (χ4n) is 2.02. The molecule has 0 aliphatic carbocycles. The van der Waals surface area contributed by atoms with Crippen molar-refractivity contribution in [1.82, 2.24) is 0 Å². The SMILES string of the molecule is COc1ccc(C=C(O)[C@H](O)[C@H]2OC(=O)C(O)=C2O)c(OC)c1. The topological polar surface area (TPSA) is 126 Å². The molecule has 4 N–H and O–H groups in total. The van der Waals surface area contributed by atoms with Crippen molar-refractivity contribution in [2.45, 2.75) is 12.2 Å². The van der Waals surface area contributed by atoms with Gasteiger partial charge in [0.15, 0.2) is 18.0 Å². The van der Waals surface area contributed by atoms with Crippen LogP contribution in [-0.2, 0) is 9.53 Å². The molecule has 1 heterocycles. The lowest BCUT2D eigenvalue weighted by Gasteiger charge is -2.17. The lowest BCUT2D eigenvalue weighted by molar-refractivity contribution is -0.146. The fourth-order valence-corrected chi connectivity index (χ4v) is 2.02. The van der Waals surface area contributed by atoms with E-state index in [1.54, 1.807) is 18.2 Å². The zero-order valence-electron chi connectivity index (χ0n) is 12.4. The van der Waals surface area contributed by atoms with E-state index in [1.807, 2.05) is 0 Å². The third kappa shape index (κ3) is 3.16. The molecule has 1 aromatic carbocycles. The maximum atomic E-state index is 11.1. The van der Waals surface area contributed by atoms with Crippen molar-refractivity contribution >= 4 is 12.0 Å². The van der Waals surface area contributed by atoms with E-state index in [1.165, 1.54) is 20.3 Å². The predicted octanol–water partition coefficient (Wildman–Crippen LogP) is 1.22. The molecule has 2 atom stereocenters. The summed E-state index contributed by atoms with van der Waals surface area (Å²) in [5.74, 6) is -2.70. The number of benzene rings is 1. The maximum absolute atomic E-state index is 11.1. The number of esters is 1. The standard InChI is InChI=1S/C15H16O8/c1-21-8-4-3-7(10(6-8)22-2)5-9(16)11(17)14-12(18)13(19)15(20)23-14/h3-6,11,14,16-19H,1-2H3/t11-,14+/m0/s1. The lowest BCUT2D eigenvalue weighted by Crippen LogP contribution is -2.30. The molecule has 8 nitrogen and oxygen atoms in total. The molecule has 0 aromatic heterocycles. The summed E-state index contributed by atoms with van der Waals surface area (Å²) in [5, 5.41) is 38.7. The first kappa shape index (κ1) is 16.5. The molecule has 23 heavy (non-hydrogen) atoms. The van der Waals surface area contributed by atoms with Crippen molar-refractivity contribution in [3.05, 3.63) is 41.0 Å². The van der Waals surface area contributed by atoms with Gasteiger partial charge < -0.3 is 34.6 Å². The first-order valence-electron chi connectivity index (χ1n) is 6.52. The smallest absolute Gasteiger partial charge is 0.378 e. The Labute approximate surface area is 131 Å². The third-order valence-electron chi connectivity index (χ3n) is 3.27. The molecule has 0 amide bonds. The Morgan fingerprint density at radius 3 is 2.52 bits per heavy atom. The van der Waals surface area contributed by atoms with Crippen LogP contribution < -0.4 is 9.47 Å². The van der Waals surface area contributed by atoms with Crippen molar-refractivity contribution in [3.8, 4) is 11.5 Å². The van der Waals surface area contributed by atoms with Gasteiger partial charge in [-0.1, -0.05) is 0 Å². The molecule has 2 rings (SSSR count). The van der Waals surface area contributed by atoms with Gasteiger partial charge in [-0.2, -0.15) is 0 Å². The molecule has 0 bridgehead atoms. The van der Waals surface area contributed by atoms with Gasteiger partial charge in [-0.05, 0) is 18.2 Å². The summed E-state index contributed by atoms with van der Waals surface area (Å²) in [6, 6.07) is 4.77. The van der Waals surface area contributed by atoms with Gasteiger partial charge in [0.25, 0.3) is 0 Å². The normalized spacial score (nSPS) is 19.5. The fraction of sp³-hybridized carbons (Fsp3) is 0.267. The molecular weight excluding hydrogens is 308 g/mol. The predicted molar refractivity (Wildman–Crippen MR) is 78.3 cm³/mol. The zero-order valence-corrected chi connectivity index (χ0v) is 12.4. The van der Waals surface area contributed by atoms with Gasteiger partial charge >= 0.3 is 5.97 Å². The highest BCUT2D eigenvalue weighted by Crippen LogP contribution is 2.29. The average Bonchev–Trinajstić information content (AvgIpc) is 2.81. The molecule has 8 heteroatoms. The number of methoxy groups -OCH3 is 2. The molecule has 124 valence electrons. The number of hydrogen-bond donors (Lipinski definition) is 4. The van der Waals surface area contributed by atoms with Gasteiger partial charge in [-0.3, -0.25) is 0 Å². The number of carbonyl (C=O) groups is 1. The van der Waals surface area contributed by atoms with Crippen LogP contribution in [0.15, 0.2) is 35.5 Å². The third-order valence-corrected chi connectivity index (χ3v) is 3.27.